The lowest BCUT2D eigenvalue weighted by Crippen LogP contribution is -2.36. The number of benzene rings is 1. The van der Waals surface area contributed by atoms with Gasteiger partial charge in [-0.25, -0.2) is 4.39 Å². The largest absolute Gasteiger partial charge is 0.353 e. The molecule has 0 radical (unpaired) electrons. The summed E-state index contributed by atoms with van der Waals surface area (Å²) >= 11 is 7.62. The van der Waals surface area contributed by atoms with Crippen molar-refractivity contribution >= 4 is 29.3 Å². The molecule has 1 N–H and O–H groups in total. The molecule has 0 atom stereocenters. The van der Waals surface area contributed by atoms with Crippen molar-refractivity contribution in [3.63, 3.8) is 0 Å². The number of thioether (sulfide) groups is 1. The van der Waals surface area contributed by atoms with E-state index in [0.29, 0.717) is 23.2 Å². The van der Waals surface area contributed by atoms with E-state index in [1.54, 1.807) is 17.8 Å². The predicted molar refractivity (Wildman–Crippen MR) is 87.2 cm³/mol. The van der Waals surface area contributed by atoms with Gasteiger partial charge < -0.3 is 5.32 Å². The summed E-state index contributed by atoms with van der Waals surface area (Å²) < 4.78 is 12.9. The molecule has 0 unspecified atom stereocenters. The number of carbonyl (C=O) groups is 1. The van der Waals surface area contributed by atoms with Crippen LogP contribution in [-0.2, 0) is 10.5 Å². The van der Waals surface area contributed by atoms with Crippen LogP contribution in [0.1, 0.15) is 44.1 Å². The van der Waals surface area contributed by atoms with Gasteiger partial charge in [0.15, 0.2) is 0 Å². The summed E-state index contributed by atoms with van der Waals surface area (Å²) in [4.78, 5) is 11.8. The summed E-state index contributed by atoms with van der Waals surface area (Å²) in [5, 5.41) is 3.56. The predicted octanol–water partition coefficient (Wildman–Crippen LogP) is 4.55. The van der Waals surface area contributed by atoms with Crippen LogP contribution in [0.4, 0.5) is 4.39 Å². The molecule has 1 aromatic rings. The SMILES string of the molecule is O=C(CCSCc1ccc(F)cc1Cl)NC1CCCCC1. The average molecular weight is 330 g/mol. The Kier molecular flexibility index (Phi) is 6.84. The molecule has 1 fully saturated rings. The molecule has 1 amide bonds. The Bertz CT molecular complexity index is 477. The third-order valence-corrected chi connectivity index (χ3v) is 5.08. The first-order valence-electron chi connectivity index (χ1n) is 7.46. The molecule has 1 saturated carbocycles. The normalized spacial score (nSPS) is 15.9. The first kappa shape index (κ1) is 16.6. The second-order valence-electron chi connectivity index (χ2n) is 5.44. The molecule has 1 aromatic carbocycles. The molecular weight excluding hydrogens is 309 g/mol. The second kappa shape index (κ2) is 8.64. The summed E-state index contributed by atoms with van der Waals surface area (Å²) in [5.74, 6) is 1.28. The number of amides is 1. The van der Waals surface area contributed by atoms with Gasteiger partial charge in [-0.05, 0) is 30.5 Å². The molecule has 1 aliphatic carbocycles. The van der Waals surface area contributed by atoms with Crippen LogP contribution >= 0.6 is 23.4 Å². The molecule has 5 heteroatoms. The first-order valence-corrected chi connectivity index (χ1v) is 8.99. The fourth-order valence-electron chi connectivity index (χ4n) is 2.53. The van der Waals surface area contributed by atoms with Crippen LogP contribution in [0.25, 0.3) is 0 Å². The first-order chi connectivity index (χ1) is 10.1. The van der Waals surface area contributed by atoms with E-state index in [-0.39, 0.29) is 11.7 Å². The van der Waals surface area contributed by atoms with Crippen LogP contribution in [0.2, 0.25) is 5.02 Å². The maximum atomic E-state index is 12.9. The minimum absolute atomic E-state index is 0.139. The summed E-state index contributed by atoms with van der Waals surface area (Å²) in [6.45, 7) is 0. The molecule has 116 valence electrons. The number of hydrogen-bond donors (Lipinski definition) is 1. The van der Waals surface area contributed by atoms with E-state index >= 15 is 0 Å². The maximum absolute atomic E-state index is 12.9. The molecule has 0 bridgehead atoms. The van der Waals surface area contributed by atoms with E-state index in [1.165, 1.54) is 31.4 Å². The van der Waals surface area contributed by atoms with Gasteiger partial charge in [0.1, 0.15) is 5.82 Å². The van der Waals surface area contributed by atoms with Crippen molar-refractivity contribution in [2.45, 2.75) is 50.3 Å². The third kappa shape index (κ3) is 5.87. The van der Waals surface area contributed by atoms with Gasteiger partial charge in [0, 0.05) is 29.0 Å². The lowest BCUT2D eigenvalue weighted by atomic mass is 9.95. The van der Waals surface area contributed by atoms with Crippen molar-refractivity contribution in [2.24, 2.45) is 0 Å². The number of rotatable bonds is 6. The van der Waals surface area contributed by atoms with E-state index in [0.717, 1.165) is 24.2 Å². The quantitative estimate of drug-likeness (QED) is 0.776. The van der Waals surface area contributed by atoms with Crippen LogP contribution in [-0.4, -0.2) is 17.7 Å². The Balaban J connectivity index is 1.63. The zero-order valence-electron chi connectivity index (χ0n) is 12.0. The minimum atomic E-state index is -0.319. The van der Waals surface area contributed by atoms with Crippen molar-refractivity contribution < 1.29 is 9.18 Å². The molecule has 0 aromatic heterocycles. The lowest BCUT2D eigenvalue weighted by molar-refractivity contribution is -0.121. The Hall–Kier alpha value is -0.740. The van der Waals surface area contributed by atoms with E-state index in [2.05, 4.69) is 5.32 Å². The zero-order valence-corrected chi connectivity index (χ0v) is 13.6. The molecular formula is C16H21ClFNOS. The Morgan fingerprint density at radius 3 is 2.81 bits per heavy atom. The molecule has 0 spiro atoms. The van der Waals surface area contributed by atoms with Crippen LogP contribution < -0.4 is 5.32 Å². The van der Waals surface area contributed by atoms with Gasteiger partial charge in [-0.15, -0.1) is 0 Å². The minimum Gasteiger partial charge on any atom is -0.353 e. The standard InChI is InChI=1S/C16H21ClFNOS/c17-15-10-13(18)7-6-12(15)11-21-9-8-16(20)19-14-4-2-1-3-5-14/h6-7,10,14H,1-5,8-9,11H2,(H,19,20). The smallest absolute Gasteiger partial charge is 0.221 e. The zero-order chi connectivity index (χ0) is 15.1. The van der Waals surface area contributed by atoms with Gasteiger partial charge in [-0.3, -0.25) is 4.79 Å². The van der Waals surface area contributed by atoms with Gasteiger partial charge in [-0.1, -0.05) is 36.9 Å². The van der Waals surface area contributed by atoms with E-state index < -0.39 is 0 Å². The van der Waals surface area contributed by atoms with Gasteiger partial charge in [0.2, 0.25) is 5.91 Å². The lowest BCUT2D eigenvalue weighted by Gasteiger charge is -2.22. The van der Waals surface area contributed by atoms with Gasteiger partial charge >= 0.3 is 0 Å². The highest BCUT2D eigenvalue weighted by atomic mass is 35.5. The summed E-state index contributed by atoms with van der Waals surface area (Å²) in [7, 11) is 0. The Morgan fingerprint density at radius 2 is 2.10 bits per heavy atom. The highest BCUT2D eigenvalue weighted by Gasteiger charge is 2.15. The fraction of sp³-hybridized carbons (Fsp3) is 0.562. The Labute approximate surface area is 134 Å². The van der Waals surface area contributed by atoms with Crippen molar-refractivity contribution in [2.75, 3.05) is 5.75 Å². The number of halogens is 2. The molecule has 21 heavy (non-hydrogen) atoms. The van der Waals surface area contributed by atoms with Crippen molar-refractivity contribution in [3.8, 4) is 0 Å². The molecule has 0 saturated heterocycles. The van der Waals surface area contributed by atoms with Crippen LogP contribution in [0.3, 0.4) is 0 Å². The molecule has 2 rings (SSSR count). The highest BCUT2D eigenvalue weighted by Crippen LogP contribution is 2.22. The maximum Gasteiger partial charge on any atom is 0.221 e. The molecule has 0 heterocycles. The molecule has 0 aliphatic heterocycles. The van der Waals surface area contributed by atoms with Gasteiger partial charge in [0.05, 0.1) is 0 Å². The Morgan fingerprint density at radius 1 is 1.33 bits per heavy atom. The highest BCUT2D eigenvalue weighted by molar-refractivity contribution is 7.98. The summed E-state index contributed by atoms with van der Waals surface area (Å²) in [5.41, 5.74) is 0.913. The topological polar surface area (TPSA) is 29.1 Å². The number of nitrogens with one attached hydrogen (secondary N) is 1. The second-order valence-corrected chi connectivity index (χ2v) is 6.95. The van der Waals surface area contributed by atoms with Gasteiger partial charge in [0.25, 0.3) is 0 Å². The van der Waals surface area contributed by atoms with Gasteiger partial charge in [-0.2, -0.15) is 11.8 Å². The van der Waals surface area contributed by atoms with Crippen molar-refractivity contribution in [1.29, 1.82) is 0 Å². The fourth-order valence-corrected chi connectivity index (χ4v) is 3.79. The monoisotopic (exact) mass is 329 g/mol. The average Bonchev–Trinajstić information content (AvgIpc) is 2.46. The van der Waals surface area contributed by atoms with Crippen LogP contribution in [0.5, 0.6) is 0 Å². The summed E-state index contributed by atoms with van der Waals surface area (Å²) in [6.07, 6.45) is 6.50. The van der Waals surface area contributed by atoms with Crippen molar-refractivity contribution in [3.05, 3.63) is 34.6 Å². The van der Waals surface area contributed by atoms with E-state index in [1.807, 2.05) is 0 Å². The van der Waals surface area contributed by atoms with Crippen LogP contribution in [0.15, 0.2) is 18.2 Å². The summed E-state index contributed by atoms with van der Waals surface area (Å²) in [6, 6.07) is 4.82. The number of carbonyl (C=O) groups excluding carboxylic acids is 1. The molecule has 2 nitrogen and oxygen atoms in total. The van der Waals surface area contributed by atoms with Crippen molar-refractivity contribution in [1.82, 2.24) is 5.32 Å². The third-order valence-electron chi connectivity index (χ3n) is 3.72. The van der Waals surface area contributed by atoms with Crippen LogP contribution in [0, 0.1) is 5.82 Å². The van der Waals surface area contributed by atoms with E-state index in [9.17, 15) is 9.18 Å². The van der Waals surface area contributed by atoms with E-state index in [4.69, 9.17) is 11.6 Å². The number of hydrogen-bond acceptors (Lipinski definition) is 2. The molecule has 1 aliphatic rings.